The van der Waals surface area contributed by atoms with Crippen LogP contribution in [0.2, 0.25) is 0 Å². The zero-order valence-electron chi connectivity index (χ0n) is 11.7. The van der Waals surface area contributed by atoms with Crippen LogP contribution in [0, 0.1) is 13.8 Å². The predicted octanol–water partition coefficient (Wildman–Crippen LogP) is 5.38. The van der Waals surface area contributed by atoms with Crippen molar-refractivity contribution in [2.45, 2.75) is 33.6 Å². The van der Waals surface area contributed by atoms with Crippen molar-refractivity contribution in [2.75, 3.05) is 0 Å². The van der Waals surface area contributed by atoms with Gasteiger partial charge in [0.1, 0.15) is 5.75 Å². The van der Waals surface area contributed by atoms with Crippen molar-refractivity contribution < 1.29 is 4.74 Å². The largest absolute Gasteiger partial charge is 0.439 e. The first kappa shape index (κ1) is 14.1. The molecule has 0 aliphatic carbocycles. The maximum atomic E-state index is 5.80. The molecule has 2 aromatic rings. The fourth-order valence-electron chi connectivity index (χ4n) is 2.05. The number of hydrogen-bond acceptors (Lipinski definition) is 2. The highest BCUT2D eigenvalue weighted by Gasteiger charge is 2.06. The number of halogens is 1. The minimum absolute atomic E-state index is 0.530. The zero-order chi connectivity index (χ0) is 14.0. The van der Waals surface area contributed by atoms with Gasteiger partial charge in [0.05, 0.1) is 0 Å². The quantitative estimate of drug-likeness (QED) is 0.758. The maximum absolute atomic E-state index is 5.80. The average Bonchev–Trinajstić information content (AvgIpc) is 2.33. The number of pyridine rings is 1. The Bertz CT molecular complexity index is 593. The summed E-state index contributed by atoms with van der Waals surface area (Å²) in [5.41, 5.74) is 3.72. The van der Waals surface area contributed by atoms with Crippen molar-refractivity contribution >= 4 is 15.9 Å². The van der Waals surface area contributed by atoms with Crippen molar-refractivity contribution in [1.82, 2.24) is 4.98 Å². The van der Waals surface area contributed by atoms with Crippen LogP contribution in [0.1, 0.15) is 36.5 Å². The van der Waals surface area contributed by atoms with E-state index in [4.69, 9.17) is 4.74 Å². The fraction of sp³-hybridized carbons (Fsp3) is 0.312. The van der Waals surface area contributed by atoms with Gasteiger partial charge in [0.15, 0.2) is 0 Å². The van der Waals surface area contributed by atoms with E-state index in [-0.39, 0.29) is 0 Å². The fourth-order valence-corrected chi connectivity index (χ4v) is 2.27. The summed E-state index contributed by atoms with van der Waals surface area (Å²) < 4.78 is 6.79. The Morgan fingerprint density at radius 2 is 1.84 bits per heavy atom. The van der Waals surface area contributed by atoms with Crippen LogP contribution in [0.15, 0.2) is 34.9 Å². The molecule has 0 unspecified atom stereocenters. The average molecular weight is 320 g/mol. The number of aryl methyl sites for hydroxylation is 2. The molecule has 0 spiro atoms. The third-order valence-electron chi connectivity index (χ3n) is 3.11. The van der Waals surface area contributed by atoms with E-state index in [0.717, 1.165) is 15.8 Å². The molecule has 0 saturated heterocycles. The normalized spacial score (nSPS) is 10.8. The van der Waals surface area contributed by atoms with Gasteiger partial charge >= 0.3 is 0 Å². The Kier molecular flexibility index (Phi) is 4.25. The van der Waals surface area contributed by atoms with E-state index >= 15 is 0 Å². The third-order valence-corrected chi connectivity index (χ3v) is 3.94. The zero-order valence-corrected chi connectivity index (χ0v) is 13.3. The second kappa shape index (κ2) is 5.74. The molecule has 2 rings (SSSR count). The summed E-state index contributed by atoms with van der Waals surface area (Å²) in [5, 5.41) is 0. The lowest BCUT2D eigenvalue weighted by molar-refractivity contribution is 0.461. The van der Waals surface area contributed by atoms with Gasteiger partial charge in [0.25, 0.3) is 0 Å². The molecule has 0 N–H and O–H groups in total. The second-order valence-corrected chi connectivity index (χ2v) is 5.90. The monoisotopic (exact) mass is 319 g/mol. The van der Waals surface area contributed by atoms with E-state index < -0.39 is 0 Å². The van der Waals surface area contributed by atoms with Crippen molar-refractivity contribution in [3.8, 4) is 11.6 Å². The Labute approximate surface area is 123 Å². The van der Waals surface area contributed by atoms with Gasteiger partial charge < -0.3 is 4.74 Å². The molecule has 0 amide bonds. The van der Waals surface area contributed by atoms with Gasteiger partial charge in [0.2, 0.25) is 5.88 Å². The minimum Gasteiger partial charge on any atom is -0.439 e. The summed E-state index contributed by atoms with van der Waals surface area (Å²) in [6.45, 7) is 8.53. The number of nitrogens with zero attached hydrogens (tertiary/aromatic N) is 1. The molecule has 0 bridgehead atoms. The molecule has 0 saturated carbocycles. The predicted molar refractivity (Wildman–Crippen MR) is 82.0 cm³/mol. The van der Waals surface area contributed by atoms with Gasteiger partial charge in [-0.15, -0.1) is 0 Å². The molecular formula is C16H18BrNO. The van der Waals surface area contributed by atoms with Gasteiger partial charge in [-0.05, 0) is 64.5 Å². The van der Waals surface area contributed by atoms with Crippen LogP contribution in [-0.2, 0) is 0 Å². The molecule has 3 heteroatoms. The molecule has 0 aliphatic heterocycles. The molecule has 0 radical (unpaired) electrons. The first-order chi connectivity index (χ1) is 8.97. The van der Waals surface area contributed by atoms with E-state index in [0.29, 0.717) is 11.8 Å². The lowest BCUT2D eigenvalue weighted by Crippen LogP contribution is -1.94. The highest BCUT2D eigenvalue weighted by Crippen LogP contribution is 2.27. The van der Waals surface area contributed by atoms with Crippen molar-refractivity contribution in [3.05, 3.63) is 51.6 Å². The second-order valence-electron chi connectivity index (χ2n) is 5.05. The maximum Gasteiger partial charge on any atom is 0.219 e. The van der Waals surface area contributed by atoms with Crippen LogP contribution in [0.5, 0.6) is 11.6 Å². The highest BCUT2D eigenvalue weighted by atomic mass is 79.9. The van der Waals surface area contributed by atoms with Gasteiger partial charge in [-0.2, -0.15) is 0 Å². The Hall–Kier alpha value is -1.35. The highest BCUT2D eigenvalue weighted by molar-refractivity contribution is 9.10. The summed E-state index contributed by atoms with van der Waals surface area (Å²) in [6.07, 6.45) is 1.76. The number of benzene rings is 1. The molecule has 1 heterocycles. The first-order valence-corrected chi connectivity index (χ1v) is 7.17. The first-order valence-electron chi connectivity index (χ1n) is 6.38. The summed E-state index contributed by atoms with van der Waals surface area (Å²) in [4.78, 5) is 4.25. The van der Waals surface area contributed by atoms with Crippen molar-refractivity contribution in [2.24, 2.45) is 0 Å². The van der Waals surface area contributed by atoms with E-state index in [1.165, 1.54) is 11.1 Å². The third kappa shape index (κ3) is 3.35. The Balaban J connectivity index is 2.24. The number of hydrogen-bond donors (Lipinski definition) is 0. The van der Waals surface area contributed by atoms with Crippen molar-refractivity contribution in [3.63, 3.8) is 0 Å². The van der Waals surface area contributed by atoms with Gasteiger partial charge in [-0.1, -0.05) is 19.9 Å². The van der Waals surface area contributed by atoms with E-state index in [9.17, 15) is 0 Å². The van der Waals surface area contributed by atoms with Crippen LogP contribution < -0.4 is 4.74 Å². The van der Waals surface area contributed by atoms with E-state index in [1.54, 1.807) is 6.20 Å². The van der Waals surface area contributed by atoms with E-state index in [2.05, 4.69) is 53.8 Å². The lowest BCUT2D eigenvalue weighted by Gasteiger charge is -2.12. The smallest absolute Gasteiger partial charge is 0.219 e. The van der Waals surface area contributed by atoms with Crippen LogP contribution in [0.3, 0.4) is 0 Å². The molecule has 1 aromatic heterocycles. The molecule has 1 aromatic carbocycles. The molecule has 100 valence electrons. The molecule has 0 atom stereocenters. The number of aromatic nitrogens is 1. The SMILES string of the molecule is Cc1cc(Oc2ccc(C(C)C)c(C)c2)ncc1Br. The number of ether oxygens (including phenoxy) is 1. The summed E-state index contributed by atoms with van der Waals surface area (Å²) in [7, 11) is 0. The van der Waals surface area contributed by atoms with Crippen LogP contribution in [-0.4, -0.2) is 4.98 Å². The Morgan fingerprint density at radius 1 is 1.11 bits per heavy atom. The van der Waals surface area contributed by atoms with Crippen LogP contribution >= 0.6 is 15.9 Å². The molecular weight excluding hydrogens is 302 g/mol. The molecule has 0 fully saturated rings. The Morgan fingerprint density at radius 3 is 2.42 bits per heavy atom. The lowest BCUT2D eigenvalue weighted by atomic mass is 9.98. The van der Waals surface area contributed by atoms with Crippen LogP contribution in [0.25, 0.3) is 0 Å². The van der Waals surface area contributed by atoms with Crippen LogP contribution in [0.4, 0.5) is 0 Å². The minimum atomic E-state index is 0.530. The van der Waals surface area contributed by atoms with E-state index in [1.807, 2.05) is 19.1 Å². The van der Waals surface area contributed by atoms with Gasteiger partial charge in [0, 0.05) is 16.7 Å². The molecule has 0 aliphatic rings. The topological polar surface area (TPSA) is 22.1 Å². The van der Waals surface area contributed by atoms with Gasteiger partial charge in [-0.25, -0.2) is 4.98 Å². The molecule has 19 heavy (non-hydrogen) atoms. The summed E-state index contributed by atoms with van der Waals surface area (Å²) >= 11 is 3.43. The summed E-state index contributed by atoms with van der Waals surface area (Å²) in [5.74, 6) is 1.98. The molecule has 2 nitrogen and oxygen atoms in total. The number of rotatable bonds is 3. The van der Waals surface area contributed by atoms with Gasteiger partial charge in [-0.3, -0.25) is 0 Å². The standard InChI is InChI=1S/C16H18BrNO/c1-10(2)14-6-5-13(7-11(14)3)19-16-8-12(4)15(17)9-18-16/h5-10H,1-4H3. The van der Waals surface area contributed by atoms with Crippen molar-refractivity contribution in [1.29, 1.82) is 0 Å². The summed E-state index contributed by atoms with van der Waals surface area (Å²) in [6, 6.07) is 8.12.